The Balaban J connectivity index is 1.02. The summed E-state index contributed by atoms with van der Waals surface area (Å²) >= 11 is 1.59. The molecule has 3 aliphatic carbocycles. The van der Waals surface area contributed by atoms with Crippen LogP contribution >= 0.6 is 11.5 Å². The quantitative estimate of drug-likeness (QED) is 0.436. The second kappa shape index (κ2) is 9.06. The van der Waals surface area contributed by atoms with Crippen molar-refractivity contribution in [2.45, 2.75) is 57.4 Å². The van der Waals surface area contributed by atoms with Crippen LogP contribution in [0.15, 0.2) is 24.3 Å². The second-order valence-corrected chi connectivity index (χ2v) is 13.0. The van der Waals surface area contributed by atoms with Gasteiger partial charge in [0.25, 0.3) is 0 Å². The fourth-order valence-corrected chi connectivity index (χ4v) is 8.85. The highest BCUT2D eigenvalue weighted by Crippen LogP contribution is 2.56. The van der Waals surface area contributed by atoms with E-state index in [1.165, 1.54) is 21.4 Å². The van der Waals surface area contributed by atoms with Crippen molar-refractivity contribution in [1.29, 1.82) is 0 Å². The molecule has 0 unspecified atom stereocenters. The Morgan fingerprint density at radius 3 is 2.51 bits per heavy atom. The van der Waals surface area contributed by atoms with Crippen molar-refractivity contribution in [3.63, 3.8) is 0 Å². The van der Waals surface area contributed by atoms with Crippen LogP contribution in [0, 0.1) is 35.8 Å². The number of hydrogen-bond acceptors (Lipinski definition) is 6. The third kappa shape index (κ3) is 3.88. The lowest BCUT2D eigenvalue weighted by molar-refractivity contribution is -0.136. The minimum absolute atomic E-state index is 0.0346. The maximum absolute atomic E-state index is 13.1. The molecule has 1 aromatic carbocycles. The Morgan fingerprint density at radius 1 is 1.03 bits per heavy atom. The number of likely N-dealkylation sites (tertiary alicyclic amines) is 1. The molecule has 7 nitrogen and oxygen atoms in total. The SMILES string of the molecule is C[C@]1([N+]#CN2C(=O)[C@@H]3[C@H]4CC[C@H](C4)[C@@H]3C2=O)CCCC[C@H]1CN1CCN(c2nsc3ccccc23)CC1. The molecule has 3 heterocycles. The van der Waals surface area contributed by atoms with E-state index in [1.807, 2.05) is 0 Å². The predicted octanol–water partition coefficient (Wildman–Crippen LogP) is 4.69. The predicted molar refractivity (Wildman–Crippen MR) is 146 cm³/mol. The summed E-state index contributed by atoms with van der Waals surface area (Å²) in [5.74, 6) is 2.06. The highest BCUT2D eigenvalue weighted by atomic mass is 32.1. The largest absolute Gasteiger partial charge is 0.388 e. The minimum Gasteiger partial charge on any atom is -0.353 e. The molecule has 7 rings (SSSR count). The Kier molecular flexibility index (Phi) is 5.78. The van der Waals surface area contributed by atoms with Crippen molar-refractivity contribution in [2.24, 2.45) is 29.6 Å². The topological polar surface area (TPSA) is 61.1 Å². The van der Waals surface area contributed by atoms with Gasteiger partial charge in [0, 0.05) is 50.4 Å². The molecule has 0 spiro atoms. The lowest BCUT2D eigenvalue weighted by atomic mass is 9.74. The summed E-state index contributed by atoms with van der Waals surface area (Å²) in [5, 5.41) is 1.26. The van der Waals surface area contributed by atoms with Gasteiger partial charge in [-0.25, -0.2) is 9.59 Å². The van der Waals surface area contributed by atoms with Gasteiger partial charge in [0.1, 0.15) is 5.82 Å². The summed E-state index contributed by atoms with van der Waals surface area (Å²) in [7, 11) is 0. The van der Waals surface area contributed by atoms with Crippen LogP contribution in [-0.2, 0) is 9.59 Å². The van der Waals surface area contributed by atoms with E-state index in [4.69, 9.17) is 9.22 Å². The van der Waals surface area contributed by atoms with Crippen molar-refractivity contribution < 1.29 is 9.59 Å². The first kappa shape index (κ1) is 23.6. The van der Waals surface area contributed by atoms with Gasteiger partial charge in [-0.05, 0) is 74.5 Å². The van der Waals surface area contributed by atoms with Gasteiger partial charge in [0.2, 0.25) is 5.54 Å². The molecule has 2 aromatic rings. The zero-order chi connectivity index (χ0) is 25.1. The summed E-state index contributed by atoms with van der Waals surface area (Å²) in [5.41, 5.74) is -0.280. The normalized spacial score (nSPS) is 35.8. The molecule has 1 aromatic heterocycles. The molecule has 194 valence electrons. The van der Waals surface area contributed by atoms with Crippen molar-refractivity contribution in [3.05, 3.63) is 29.1 Å². The molecule has 2 aliphatic heterocycles. The Bertz CT molecular complexity index is 1260. The van der Waals surface area contributed by atoms with Crippen LogP contribution in [0.4, 0.5) is 5.82 Å². The Hall–Kier alpha value is -2.50. The molecule has 5 fully saturated rings. The molecule has 5 aliphatic rings. The fourth-order valence-electron chi connectivity index (χ4n) is 8.05. The second-order valence-electron chi connectivity index (χ2n) is 12.2. The maximum Gasteiger partial charge on any atom is 0.388 e. The van der Waals surface area contributed by atoms with Gasteiger partial charge in [-0.15, -0.1) is 0 Å². The van der Waals surface area contributed by atoms with E-state index >= 15 is 0 Å². The molecule has 3 saturated carbocycles. The maximum atomic E-state index is 13.1. The van der Waals surface area contributed by atoms with Crippen molar-refractivity contribution in [1.82, 2.24) is 14.2 Å². The third-order valence-corrected chi connectivity index (χ3v) is 11.0. The number of rotatable bonds is 3. The number of aromatic nitrogens is 1. The van der Waals surface area contributed by atoms with E-state index < -0.39 is 0 Å². The number of carbonyl (C=O) groups is 2. The van der Waals surface area contributed by atoms with Crippen molar-refractivity contribution in [3.8, 4) is 6.19 Å². The molecular formula is C29H36N5O2S+. The monoisotopic (exact) mass is 518 g/mol. The number of piperazine rings is 1. The first-order chi connectivity index (χ1) is 18.0. The first-order valence-electron chi connectivity index (χ1n) is 14.2. The summed E-state index contributed by atoms with van der Waals surface area (Å²) in [6.07, 6.45) is 10.8. The first-order valence-corrected chi connectivity index (χ1v) is 15.0. The zero-order valence-corrected chi connectivity index (χ0v) is 22.5. The molecule has 8 heteroatoms. The molecular weight excluding hydrogens is 482 g/mol. The minimum atomic E-state index is -0.280. The van der Waals surface area contributed by atoms with Gasteiger partial charge in [0.05, 0.1) is 16.5 Å². The highest BCUT2D eigenvalue weighted by molar-refractivity contribution is 7.13. The van der Waals surface area contributed by atoms with Gasteiger partial charge in [0.15, 0.2) is 0 Å². The van der Waals surface area contributed by atoms with Gasteiger partial charge < -0.3 is 4.90 Å². The van der Waals surface area contributed by atoms with E-state index in [2.05, 4.69) is 47.2 Å². The van der Waals surface area contributed by atoms with Crippen LogP contribution in [0.1, 0.15) is 51.9 Å². The smallest absolute Gasteiger partial charge is 0.353 e. The number of nitrogens with zero attached hydrogens (tertiary/aromatic N) is 5. The average Bonchev–Trinajstić information content (AvgIpc) is 3.69. The summed E-state index contributed by atoms with van der Waals surface area (Å²) < 4.78 is 6.01. The lowest BCUT2D eigenvalue weighted by Crippen LogP contribution is -2.51. The van der Waals surface area contributed by atoms with Crippen LogP contribution < -0.4 is 4.90 Å². The van der Waals surface area contributed by atoms with Crippen LogP contribution in [0.3, 0.4) is 0 Å². The zero-order valence-electron chi connectivity index (χ0n) is 21.6. The molecule has 0 N–H and O–H groups in total. The van der Waals surface area contributed by atoms with Crippen LogP contribution in [0.2, 0.25) is 0 Å². The summed E-state index contributed by atoms with van der Waals surface area (Å²) in [6, 6.07) is 8.50. The number of benzene rings is 1. The summed E-state index contributed by atoms with van der Waals surface area (Å²) in [6.45, 7) is 7.22. The molecule has 2 bridgehead atoms. The number of fused-ring (bicyclic) bond motifs is 6. The van der Waals surface area contributed by atoms with E-state index in [9.17, 15) is 9.59 Å². The van der Waals surface area contributed by atoms with Gasteiger partial charge >= 0.3 is 18.0 Å². The van der Waals surface area contributed by atoms with Crippen molar-refractivity contribution in [2.75, 3.05) is 37.6 Å². The van der Waals surface area contributed by atoms with Crippen LogP contribution in [-0.4, -0.2) is 64.3 Å². The number of carbonyl (C=O) groups excluding carboxylic acids is 2. The number of imide groups is 1. The van der Waals surface area contributed by atoms with Crippen LogP contribution in [0.5, 0.6) is 0 Å². The highest BCUT2D eigenvalue weighted by Gasteiger charge is 2.65. The van der Waals surface area contributed by atoms with Gasteiger partial charge in [-0.3, -0.25) is 4.90 Å². The van der Waals surface area contributed by atoms with Crippen molar-refractivity contribution >= 4 is 39.3 Å². The lowest BCUT2D eigenvalue weighted by Gasteiger charge is -2.40. The number of anilines is 1. The number of amides is 2. The summed E-state index contributed by atoms with van der Waals surface area (Å²) in [4.78, 5) is 37.5. The molecule has 6 atom stereocenters. The standard InChI is InChI=1S/C29H36N5O2S/c1-29(30-18-34-27(35)24-19-9-10-20(16-19)25(24)28(34)36)11-5-4-6-21(29)17-32-12-14-33(15-13-32)26-22-7-2-3-8-23(22)37-31-26/h2-3,7-8,19-21,24-25H,4-6,9-17H2,1H3/q+1/t19-,20+,21-,24+,25-,29-/m0/s1. The molecule has 37 heavy (non-hydrogen) atoms. The van der Waals surface area contributed by atoms with E-state index in [0.717, 1.165) is 77.1 Å². The fraction of sp³-hybridized carbons (Fsp3) is 0.655. The van der Waals surface area contributed by atoms with Gasteiger partial charge in [-0.1, -0.05) is 23.5 Å². The number of hydrogen-bond donors (Lipinski definition) is 0. The molecule has 2 amide bonds. The average molecular weight is 519 g/mol. The molecule has 0 radical (unpaired) electrons. The third-order valence-electron chi connectivity index (χ3n) is 10.2. The van der Waals surface area contributed by atoms with Crippen LogP contribution in [0.25, 0.3) is 14.9 Å². The van der Waals surface area contributed by atoms with Gasteiger partial charge in [-0.2, -0.15) is 9.22 Å². The van der Waals surface area contributed by atoms with E-state index in [0.29, 0.717) is 17.8 Å². The Labute approximate surface area is 222 Å². The van der Waals surface area contributed by atoms with E-state index in [-0.39, 0.29) is 29.2 Å². The molecule has 2 saturated heterocycles. The Morgan fingerprint density at radius 2 is 1.76 bits per heavy atom. The van der Waals surface area contributed by atoms with E-state index in [1.54, 1.807) is 11.5 Å².